The van der Waals surface area contributed by atoms with Gasteiger partial charge in [-0.1, -0.05) is 26.3 Å². The fourth-order valence-corrected chi connectivity index (χ4v) is 6.96. The number of piperidine rings is 1. The summed E-state index contributed by atoms with van der Waals surface area (Å²) in [5, 5.41) is 22.7. The Morgan fingerprint density at radius 2 is 2.09 bits per heavy atom. The van der Waals surface area contributed by atoms with Crippen LogP contribution in [0.3, 0.4) is 0 Å². The second-order valence-electron chi connectivity index (χ2n) is 11.6. The fraction of sp³-hybridized carbons (Fsp3) is 0.741. The molecule has 4 aliphatic rings. The monoisotopic (exact) mass is 456 g/mol. The molecule has 0 aromatic heterocycles. The highest BCUT2D eigenvalue weighted by molar-refractivity contribution is 5.69. The predicted molar refractivity (Wildman–Crippen MR) is 127 cm³/mol. The second kappa shape index (κ2) is 8.54. The average molecular weight is 457 g/mol. The number of carbonyl (C=O) groups is 1. The molecule has 0 radical (unpaired) electrons. The van der Waals surface area contributed by atoms with Crippen LogP contribution in [0.15, 0.2) is 18.2 Å². The Morgan fingerprint density at radius 3 is 2.82 bits per heavy atom. The zero-order valence-corrected chi connectivity index (χ0v) is 20.1. The van der Waals surface area contributed by atoms with Crippen LogP contribution in [0.5, 0.6) is 5.75 Å². The number of aliphatic hydroxyl groups is 1. The van der Waals surface area contributed by atoms with Crippen molar-refractivity contribution in [2.45, 2.75) is 101 Å². The largest absolute Gasteiger partial charge is 0.508 e. The summed E-state index contributed by atoms with van der Waals surface area (Å²) < 4.78 is 5.96. The van der Waals surface area contributed by atoms with E-state index in [2.05, 4.69) is 18.7 Å². The lowest BCUT2D eigenvalue weighted by Crippen LogP contribution is -2.76. The molecule has 0 spiro atoms. The molecule has 0 amide bonds. The van der Waals surface area contributed by atoms with Gasteiger partial charge in [-0.15, -0.1) is 0 Å². The van der Waals surface area contributed by atoms with Gasteiger partial charge in [0.1, 0.15) is 11.9 Å². The summed E-state index contributed by atoms with van der Waals surface area (Å²) in [6, 6.07) is 5.23. The minimum atomic E-state index is -0.985. The van der Waals surface area contributed by atoms with Crippen molar-refractivity contribution in [3.63, 3.8) is 0 Å². The van der Waals surface area contributed by atoms with Gasteiger partial charge in [0.05, 0.1) is 5.60 Å². The Hall–Kier alpha value is -1.63. The second-order valence-corrected chi connectivity index (χ2v) is 11.6. The van der Waals surface area contributed by atoms with Crippen LogP contribution in [-0.2, 0) is 21.4 Å². The Balaban J connectivity index is 1.44. The number of esters is 1. The lowest BCUT2D eigenvalue weighted by atomic mass is 9.48. The molecule has 6 heteroatoms. The number of benzene rings is 1. The first-order chi connectivity index (χ1) is 15.7. The molecule has 3 aliphatic carbocycles. The Bertz CT molecular complexity index is 900. The molecule has 3 fully saturated rings. The van der Waals surface area contributed by atoms with E-state index in [9.17, 15) is 15.0 Å². The third-order valence-electron chi connectivity index (χ3n) is 8.88. The average Bonchev–Trinajstić information content (AvgIpc) is 3.55. The molecule has 1 aromatic rings. The minimum absolute atomic E-state index is 0.0117. The number of hydrogen-bond donors (Lipinski definition) is 3. The van der Waals surface area contributed by atoms with Gasteiger partial charge < -0.3 is 20.7 Å². The van der Waals surface area contributed by atoms with Crippen molar-refractivity contribution in [2.75, 3.05) is 13.1 Å². The fourth-order valence-electron chi connectivity index (χ4n) is 6.96. The van der Waals surface area contributed by atoms with Gasteiger partial charge in [0, 0.05) is 30.5 Å². The van der Waals surface area contributed by atoms with E-state index < -0.39 is 17.1 Å². The number of likely N-dealkylation sites (tertiary alicyclic amines) is 1. The molecular weight excluding hydrogens is 416 g/mol. The van der Waals surface area contributed by atoms with Crippen molar-refractivity contribution in [2.24, 2.45) is 17.6 Å². The molecule has 2 saturated carbocycles. The molecule has 1 aromatic carbocycles. The Morgan fingerprint density at radius 1 is 1.30 bits per heavy atom. The number of rotatable bonds is 7. The van der Waals surface area contributed by atoms with E-state index in [1.54, 1.807) is 6.07 Å². The third kappa shape index (κ3) is 4.08. The molecule has 6 nitrogen and oxygen atoms in total. The number of nitrogens with two attached hydrogens (primary N) is 1. The molecular formula is C27H40N2O4. The molecule has 1 heterocycles. The van der Waals surface area contributed by atoms with Gasteiger partial charge in [-0.2, -0.15) is 0 Å². The third-order valence-corrected chi connectivity index (χ3v) is 8.88. The van der Waals surface area contributed by atoms with Crippen molar-refractivity contribution in [3.05, 3.63) is 29.3 Å². The van der Waals surface area contributed by atoms with Gasteiger partial charge in [-0.25, -0.2) is 0 Å². The zero-order chi connectivity index (χ0) is 23.4. The quantitative estimate of drug-likeness (QED) is 0.545. The molecule has 1 saturated heterocycles. The number of fused-ring (bicyclic) bond motifs is 1. The predicted octanol–water partition coefficient (Wildman–Crippen LogP) is 3.26. The first-order valence-corrected chi connectivity index (χ1v) is 13.0. The van der Waals surface area contributed by atoms with Gasteiger partial charge in [0.15, 0.2) is 0 Å². The van der Waals surface area contributed by atoms with Gasteiger partial charge >= 0.3 is 5.97 Å². The smallest absolute Gasteiger partial charge is 0.306 e. The lowest BCUT2D eigenvalue weighted by Gasteiger charge is -2.65. The highest BCUT2D eigenvalue weighted by atomic mass is 16.5. The van der Waals surface area contributed by atoms with Gasteiger partial charge in [0.2, 0.25) is 0 Å². The number of ether oxygens (including phenoxy) is 1. The highest BCUT2D eigenvalue weighted by Crippen LogP contribution is 2.59. The number of phenolic OH excluding ortho intramolecular Hbond substituents is 1. The number of hydrogen-bond acceptors (Lipinski definition) is 6. The molecule has 1 aliphatic heterocycles. The van der Waals surface area contributed by atoms with E-state index in [-0.39, 0.29) is 23.8 Å². The number of phenols is 1. The minimum Gasteiger partial charge on any atom is -0.508 e. The van der Waals surface area contributed by atoms with Crippen molar-refractivity contribution in [1.82, 2.24) is 4.90 Å². The number of aromatic hydroxyl groups is 1. The highest BCUT2D eigenvalue weighted by Gasteiger charge is 2.66. The Kier molecular flexibility index (Phi) is 5.99. The maximum atomic E-state index is 12.6. The normalized spacial score (nSPS) is 35.7. The maximum absolute atomic E-state index is 12.6. The van der Waals surface area contributed by atoms with E-state index in [4.69, 9.17) is 10.5 Å². The van der Waals surface area contributed by atoms with E-state index in [1.165, 1.54) is 18.4 Å². The summed E-state index contributed by atoms with van der Waals surface area (Å²) in [7, 11) is 0. The summed E-state index contributed by atoms with van der Waals surface area (Å²) in [6.45, 7) is 6.28. The molecule has 2 bridgehead atoms. The van der Waals surface area contributed by atoms with Crippen molar-refractivity contribution in [3.8, 4) is 5.75 Å². The topological polar surface area (TPSA) is 96.0 Å². The first-order valence-electron chi connectivity index (χ1n) is 13.0. The van der Waals surface area contributed by atoms with Crippen LogP contribution in [0.2, 0.25) is 0 Å². The van der Waals surface area contributed by atoms with Gasteiger partial charge in [-0.3, -0.25) is 9.69 Å². The lowest BCUT2D eigenvalue weighted by molar-refractivity contribution is -0.196. The van der Waals surface area contributed by atoms with Crippen LogP contribution in [0.25, 0.3) is 0 Å². The molecule has 5 atom stereocenters. The maximum Gasteiger partial charge on any atom is 0.306 e. The molecule has 33 heavy (non-hydrogen) atoms. The van der Waals surface area contributed by atoms with Crippen LogP contribution >= 0.6 is 0 Å². The van der Waals surface area contributed by atoms with Crippen molar-refractivity contribution >= 4 is 5.97 Å². The summed E-state index contributed by atoms with van der Waals surface area (Å²) >= 11 is 0. The molecule has 4 N–H and O–H groups in total. The van der Waals surface area contributed by atoms with Crippen LogP contribution in [0.4, 0.5) is 0 Å². The summed E-state index contributed by atoms with van der Waals surface area (Å²) in [4.78, 5) is 15.1. The summed E-state index contributed by atoms with van der Waals surface area (Å²) in [5.74, 6) is 1.35. The zero-order valence-electron chi connectivity index (χ0n) is 20.1. The molecule has 182 valence electrons. The molecule has 5 rings (SSSR count). The van der Waals surface area contributed by atoms with Gasteiger partial charge in [0.25, 0.3) is 0 Å². The molecule has 1 unspecified atom stereocenters. The van der Waals surface area contributed by atoms with E-state index in [1.807, 2.05) is 12.1 Å². The standard InChI is InChI=1S/C27H40N2O4/c1-17(2)4-3-5-25(31)33-23-15-26-10-11-29(16-18-6-7-18)24(27(26,32)14-22(23)28)12-19-8-9-20(30)13-21(19)26/h8-9,13,17-18,22-24,30,32H,3-7,10-12,14-16,28H2,1-2H3/t22-,23+,24+,26?,27+/m0/s1. The first kappa shape index (κ1) is 23.1. The SMILES string of the molecule is CC(C)CCCC(=O)O[C@@H]1CC23CCN(CC4CC4)[C@H](Cc4ccc(O)cc42)[C@]3(O)C[C@@H]1N. The van der Waals surface area contributed by atoms with Crippen LogP contribution in [0.1, 0.15) is 76.3 Å². The van der Waals surface area contributed by atoms with Crippen molar-refractivity contribution in [1.29, 1.82) is 0 Å². The number of carbonyl (C=O) groups excluding carboxylic acids is 1. The van der Waals surface area contributed by atoms with Crippen LogP contribution in [-0.4, -0.2) is 58.0 Å². The van der Waals surface area contributed by atoms with E-state index >= 15 is 0 Å². The number of nitrogens with zero attached hydrogens (tertiary/aromatic N) is 1. The van der Waals surface area contributed by atoms with Gasteiger partial charge in [-0.05, 0) is 86.6 Å². The van der Waals surface area contributed by atoms with Crippen LogP contribution in [0, 0.1) is 11.8 Å². The Labute approximate surface area is 197 Å². The van der Waals surface area contributed by atoms with Crippen LogP contribution < -0.4 is 5.73 Å². The summed E-state index contributed by atoms with van der Waals surface area (Å²) in [6.07, 6.45) is 6.88. The van der Waals surface area contributed by atoms with E-state index in [0.29, 0.717) is 25.2 Å². The van der Waals surface area contributed by atoms with Crippen molar-refractivity contribution < 1.29 is 19.7 Å². The summed E-state index contributed by atoms with van der Waals surface area (Å²) in [5.41, 5.74) is 7.28. The van der Waals surface area contributed by atoms with E-state index in [0.717, 1.165) is 50.3 Å².